The van der Waals surface area contributed by atoms with Crippen molar-refractivity contribution < 1.29 is 9.50 Å². The molecule has 0 saturated heterocycles. The van der Waals surface area contributed by atoms with Crippen LogP contribution in [-0.2, 0) is 6.42 Å². The Balaban J connectivity index is 2.22. The van der Waals surface area contributed by atoms with Crippen molar-refractivity contribution in [2.75, 3.05) is 5.73 Å². The molecule has 4 heteroatoms. The second-order valence-electron chi connectivity index (χ2n) is 4.36. The maximum Gasteiger partial charge on any atom is 0.123 e. The number of halogens is 1. The summed E-state index contributed by atoms with van der Waals surface area (Å²) in [5.41, 5.74) is 8.45. The predicted molar refractivity (Wildman–Crippen MR) is 68.5 cm³/mol. The molecule has 0 aliphatic heterocycles. The first kappa shape index (κ1) is 12.5. The lowest BCUT2D eigenvalue weighted by atomic mass is 10.00. The Hall–Kier alpha value is -1.94. The smallest absolute Gasteiger partial charge is 0.123 e. The minimum Gasteiger partial charge on any atom is -0.398 e. The molecule has 0 saturated carbocycles. The summed E-state index contributed by atoms with van der Waals surface area (Å²) in [6, 6.07) is 6.21. The SMILES string of the molecule is Cc1cc(F)cc(C(O)Cc2cnccc2N)c1. The van der Waals surface area contributed by atoms with Crippen molar-refractivity contribution >= 4 is 5.69 Å². The van der Waals surface area contributed by atoms with Gasteiger partial charge in [0.2, 0.25) is 0 Å². The van der Waals surface area contributed by atoms with E-state index in [9.17, 15) is 9.50 Å². The maximum absolute atomic E-state index is 13.3. The third kappa shape index (κ3) is 2.84. The third-order valence-electron chi connectivity index (χ3n) is 2.80. The number of nitrogens with zero attached hydrogens (tertiary/aromatic N) is 1. The van der Waals surface area contributed by atoms with Crippen LogP contribution in [0.2, 0.25) is 0 Å². The maximum atomic E-state index is 13.3. The summed E-state index contributed by atoms with van der Waals surface area (Å²) < 4.78 is 13.3. The number of aliphatic hydroxyl groups is 1. The zero-order valence-corrected chi connectivity index (χ0v) is 10.1. The van der Waals surface area contributed by atoms with E-state index in [0.717, 1.165) is 11.1 Å². The minimum atomic E-state index is -0.786. The van der Waals surface area contributed by atoms with Crippen LogP contribution in [0.4, 0.5) is 10.1 Å². The molecule has 1 aromatic heterocycles. The number of hydrogen-bond acceptors (Lipinski definition) is 3. The lowest BCUT2D eigenvalue weighted by Crippen LogP contribution is -2.05. The van der Waals surface area contributed by atoms with Gasteiger partial charge in [-0.15, -0.1) is 0 Å². The number of rotatable bonds is 3. The highest BCUT2D eigenvalue weighted by molar-refractivity contribution is 5.45. The van der Waals surface area contributed by atoms with Crippen LogP contribution in [0.25, 0.3) is 0 Å². The molecule has 3 nitrogen and oxygen atoms in total. The van der Waals surface area contributed by atoms with Crippen molar-refractivity contribution in [1.82, 2.24) is 4.98 Å². The van der Waals surface area contributed by atoms with Gasteiger partial charge in [-0.05, 0) is 41.8 Å². The number of benzene rings is 1. The second kappa shape index (κ2) is 5.14. The molecule has 0 spiro atoms. The largest absolute Gasteiger partial charge is 0.398 e. The third-order valence-corrected chi connectivity index (χ3v) is 2.80. The van der Waals surface area contributed by atoms with Crippen LogP contribution >= 0.6 is 0 Å². The van der Waals surface area contributed by atoms with Gasteiger partial charge in [0.05, 0.1) is 6.10 Å². The molecule has 2 aromatic rings. The normalized spacial score (nSPS) is 12.4. The Morgan fingerprint density at radius 3 is 2.83 bits per heavy atom. The van der Waals surface area contributed by atoms with E-state index in [1.54, 1.807) is 31.5 Å². The van der Waals surface area contributed by atoms with Gasteiger partial charge in [0.15, 0.2) is 0 Å². The summed E-state index contributed by atoms with van der Waals surface area (Å²) in [4.78, 5) is 3.96. The highest BCUT2D eigenvalue weighted by Crippen LogP contribution is 2.22. The Morgan fingerprint density at radius 2 is 2.17 bits per heavy atom. The summed E-state index contributed by atoms with van der Waals surface area (Å²) in [7, 11) is 0. The van der Waals surface area contributed by atoms with Gasteiger partial charge in [-0.3, -0.25) is 4.98 Å². The zero-order chi connectivity index (χ0) is 13.1. The van der Waals surface area contributed by atoms with E-state index in [1.807, 2.05) is 0 Å². The van der Waals surface area contributed by atoms with Crippen LogP contribution in [0.1, 0.15) is 22.8 Å². The molecular formula is C14H15FN2O. The molecule has 0 aliphatic rings. The average molecular weight is 246 g/mol. The Morgan fingerprint density at radius 1 is 1.39 bits per heavy atom. The molecule has 0 aliphatic carbocycles. The predicted octanol–water partition coefficient (Wildman–Crippen LogP) is 2.39. The fraction of sp³-hybridized carbons (Fsp3) is 0.214. The van der Waals surface area contributed by atoms with Crippen LogP contribution in [0, 0.1) is 12.7 Å². The van der Waals surface area contributed by atoms with Crippen molar-refractivity contribution in [3.8, 4) is 0 Å². The van der Waals surface area contributed by atoms with Gasteiger partial charge in [0, 0.05) is 24.5 Å². The molecule has 18 heavy (non-hydrogen) atoms. The van der Waals surface area contributed by atoms with Gasteiger partial charge in [0.25, 0.3) is 0 Å². The van der Waals surface area contributed by atoms with Crippen molar-refractivity contribution in [1.29, 1.82) is 0 Å². The van der Waals surface area contributed by atoms with E-state index in [-0.39, 0.29) is 5.82 Å². The van der Waals surface area contributed by atoms with Gasteiger partial charge in [0.1, 0.15) is 5.82 Å². The van der Waals surface area contributed by atoms with Gasteiger partial charge in [-0.2, -0.15) is 0 Å². The van der Waals surface area contributed by atoms with Gasteiger partial charge in [-0.1, -0.05) is 6.07 Å². The number of aryl methyl sites for hydroxylation is 1. The van der Waals surface area contributed by atoms with Crippen LogP contribution in [0.5, 0.6) is 0 Å². The van der Waals surface area contributed by atoms with Crippen LogP contribution in [0.15, 0.2) is 36.7 Å². The van der Waals surface area contributed by atoms with Crippen molar-refractivity contribution in [3.05, 3.63) is 59.2 Å². The van der Waals surface area contributed by atoms with Crippen LogP contribution in [-0.4, -0.2) is 10.1 Å². The molecule has 1 aromatic carbocycles. The molecule has 1 heterocycles. The highest BCUT2D eigenvalue weighted by atomic mass is 19.1. The number of nitrogen functional groups attached to an aromatic ring is 1. The molecule has 0 bridgehead atoms. The minimum absolute atomic E-state index is 0.322. The first-order valence-corrected chi connectivity index (χ1v) is 5.70. The van der Waals surface area contributed by atoms with Crippen LogP contribution in [0.3, 0.4) is 0 Å². The van der Waals surface area contributed by atoms with E-state index < -0.39 is 6.10 Å². The first-order chi connectivity index (χ1) is 8.56. The topological polar surface area (TPSA) is 59.1 Å². The average Bonchev–Trinajstić information content (AvgIpc) is 2.31. The van der Waals surface area contributed by atoms with E-state index >= 15 is 0 Å². The van der Waals surface area contributed by atoms with Crippen LogP contribution < -0.4 is 5.73 Å². The molecule has 0 fully saturated rings. The summed E-state index contributed by atoms with van der Waals surface area (Å²) in [5.74, 6) is -0.344. The number of aliphatic hydroxyl groups excluding tert-OH is 1. The molecule has 94 valence electrons. The van der Waals surface area contributed by atoms with E-state index in [0.29, 0.717) is 17.7 Å². The summed E-state index contributed by atoms with van der Waals surface area (Å²) >= 11 is 0. The Kier molecular flexibility index (Phi) is 3.58. The van der Waals surface area contributed by atoms with Gasteiger partial charge < -0.3 is 10.8 Å². The number of anilines is 1. The number of nitrogens with two attached hydrogens (primary N) is 1. The van der Waals surface area contributed by atoms with E-state index in [1.165, 1.54) is 12.1 Å². The van der Waals surface area contributed by atoms with Crippen molar-refractivity contribution in [2.24, 2.45) is 0 Å². The molecule has 1 unspecified atom stereocenters. The molecular weight excluding hydrogens is 231 g/mol. The fourth-order valence-electron chi connectivity index (χ4n) is 1.89. The van der Waals surface area contributed by atoms with Gasteiger partial charge in [-0.25, -0.2) is 4.39 Å². The lowest BCUT2D eigenvalue weighted by Gasteiger charge is -2.13. The Labute approximate surface area is 105 Å². The summed E-state index contributed by atoms with van der Waals surface area (Å²) in [6.45, 7) is 1.79. The number of aromatic nitrogens is 1. The summed E-state index contributed by atoms with van der Waals surface area (Å²) in [5, 5.41) is 10.1. The van der Waals surface area contributed by atoms with Crippen molar-refractivity contribution in [2.45, 2.75) is 19.4 Å². The molecule has 0 radical (unpaired) electrons. The number of pyridine rings is 1. The number of hydrogen-bond donors (Lipinski definition) is 2. The monoisotopic (exact) mass is 246 g/mol. The fourth-order valence-corrected chi connectivity index (χ4v) is 1.89. The first-order valence-electron chi connectivity index (χ1n) is 5.70. The zero-order valence-electron chi connectivity index (χ0n) is 10.1. The Bertz CT molecular complexity index is 537. The molecule has 3 N–H and O–H groups in total. The van der Waals surface area contributed by atoms with Gasteiger partial charge >= 0.3 is 0 Å². The molecule has 0 amide bonds. The van der Waals surface area contributed by atoms with E-state index in [4.69, 9.17) is 5.73 Å². The lowest BCUT2D eigenvalue weighted by molar-refractivity contribution is 0.178. The second-order valence-corrected chi connectivity index (χ2v) is 4.36. The van der Waals surface area contributed by atoms with Crippen molar-refractivity contribution in [3.63, 3.8) is 0 Å². The summed E-state index contributed by atoms with van der Waals surface area (Å²) in [6.07, 6.45) is 2.75. The quantitative estimate of drug-likeness (QED) is 0.874. The standard InChI is InChI=1S/C14H15FN2O/c1-9-4-10(6-12(15)5-9)14(18)7-11-8-17-3-2-13(11)16/h2-6,8,14,18H,7H2,1H3,(H2,16,17). The van der Waals surface area contributed by atoms with E-state index in [2.05, 4.69) is 4.98 Å². The highest BCUT2D eigenvalue weighted by Gasteiger charge is 2.12. The molecule has 1 atom stereocenters. The molecule has 2 rings (SSSR count).